The van der Waals surface area contributed by atoms with Crippen molar-refractivity contribution in [2.24, 2.45) is 0 Å². The molecule has 4 heteroatoms. The molecule has 0 aromatic heterocycles. The molecular weight excluding hydrogens is 370 g/mol. The van der Waals surface area contributed by atoms with E-state index < -0.39 is 0 Å². The van der Waals surface area contributed by atoms with Crippen molar-refractivity contribution in [1.29, 1.82) is 0 Å². The van der Waals surface area contributed by atoms with Gasteiger partial charge in [0.25, 0.3) is 0 Å². The van der Waals surface area contributed by atoms with Gasteiger partial charge in [0, 0.05) is 28.9 Å². The van der Waals surface area contributed by atoms with E-state index in [2.05, 4.69) is 36.8 Å². The zero-order valence-corrected chi connectivity index (χ0v) is 14.3. The van der Waals surface area contributed by atoms with Crippen LogP contribution in [0.3, 0.4) is 0 Å². The Bertz CT molecular complexity index is 363. The number of rotatable bonds is 7. The number of hydrogen-bond donors (Lipinski definition) is 0. The molecule has 0 aliphatic heterocycles. The summed E-state index contributed by atoms with van der Waals surface area (Å²) >= 11 is 6.99. The van der Waals surface area contributed by atoms with Crippen LogP contribution in [0.15, 0.2) is 28.7 Å². The Morgan fingerprint density at radius 2 is 1.79 bits per heavy atom. The van der Waals surface area contributed by atoms with Gasteiger partial charge in [-0.1, -0.05) is 44.7 Å². The lowest BCUT2D eigenvalue weighted by Crippen LogP contribution is -2.37. The van der Waals surface area contributed by atoms with Crippen LogP contribution in [0.1, 0.15) is 25.7 Å². The summed E-state index contributed by atoms with van der Waals surface area (Å²) < 4.78 is 6.91. The van der Waals surface area contributed by atoms with Gasteiger partial charge in [-0.3, -0.25) is 4.90 Å². The van der Waals surface area contributed by atoms with E-state index in [1.54, 1.807) is 0 Å². The van der Waals surface area contributed by atoms with E-state index in [-0.39, 0.29) is 0 Å². The maximum atomic E-state index is 5.82. The Labute approximate surface area is 132 Å². The molecule has 0 spiro atoms. The standard InChI is InChI=1S/C15H21Br2NO/c16-9-10-18(14-3-1-2-4-14)11-12-19-15-7-5-13(17)6-8-15/h5-8,14H,1-4,9-12H2. The highest BCUT2D eigenvalue weighted by Gasteiger charge is 2.21. The summed E-state index contributed by atoms with van der Waals surface area (Å²) in [5.41, 5.74) is 0. The summed E-state index contributed by atoms with van der Waals surface area (Å²) in [7, 11) is 0. The van der Waals surface area contributed by atoms with Crippen LogP contribution >= 0.6 is 31.9 Å². The molecule has 0 N–H and O–H groups in total. The number of nitrogens with zero attached hydrogens (tertiary/aromatic N) is 1. The minimum absolute atomic E-state index is 0.769. The topological polar surface area (TPSA) is 12.5 Å². The van der Waals surface area contributed by atoms with Gasteiger partial charge in [-0.25, -0.2) is 0 Å². The third-order valence-electron chi connectivity index (χ3n) is 3.67. The van der Waals surface area contributed by atoms with Crippen molar-refractivity contribution >= 4 is 31.9 Å². The largest absolute Gasteiger partial charge is 0.492 e. The number of alkyl halides is 1. The lowest BCUT2D eigenvalue weighted by atomic mass is 10.2. The molecule has 0 saturated heterocycles. The van der Waals surface area contributed by atoms with Crippen LogP contribution in [-0.4, -0.2) is 36.0 Å². The summed E-state index contributed by atoms with van der Waals surface area (Å²) in [6.45, 7) is 2.91. The smallest absolute Gasteiger partial charge is 0.119 e. The van der Waals surface area contributed by atoms with E-state index >= 15 is 0 Å². The number of halogens is 2. The van der Waals surface area contributed by atoms with E-state index in [0.717, 1.165) is 41.3 Å². The molecule has 1 fully saturated rings. The highest BCUT2D eigenvalue weighted by atomic mass is 79.9. The van der Waals surface area contributed by atoms with Crippen molar-refractivity contribution in [3.8, 4) is 5.75 Å². The lowest BCUT2D eigenvalue weighted by Gasteiger charge is -2.27. The first-order valence-electron chi connectivity index (χ1n) is 6.98. The van der Waals surface area contributed by atoms with Gasteiger partial charge in [-0.15, -0.1) is 0 Å². The van der Waals surface area contributed by atoms with Gasteiger partial charge in [0.2, 0.25) is 0 Å². The van der Waals surface area contributed by atoms with Crippen molar-refractivity contribution in [3.05, 3.63) is 28.7 Å². The van der Waals surface area contributed by atoms with Gasteiger partial charge in [0.15, 0.2) is 0 Å². The van der Waals surface area contributed by atoms with Crippen LogP contribution < -0.4 is 4.74 Å². The van der Waals surface area contributed by atoms with Crippen LogP contribution in [0.5, 0.6) is 5.75 Å². The molecule has 0 radical (unpaired) electrons. The second-order valence-corrected chi connectivity index (χ2v) is 6.67. The first-order valence-corrected chi connectivity index (χ1v) is 8.89. The summed E-state index contributed by atoms with van der Waals surface area (Å²) in [6.07, 6.45) is 5.48. The summed E-state index contributed by atoms with van der Waals surface area (Å²) in [4.78, 5) is 2.57. The molecule has 0 bridgehead atoms. The Morgan fingerprint density at radius 1 is 1.11 bits per heavy atom. The zero-order valence-electron chi connectivity index (χ0n) is 11.2. The Balaban J connectivity index is 1.76. The molecule has 1 aliphatic rings. The Morgan fingerprint density at radius 3 is 2.42 bits per heavy atom. The summed E-state index contributed by atoms with van der Waals surface area (Å²) in [5.74, 6) is 0.952. The third-order valence-corrected chi connectivity index (χ3v) is 4.56. The Kier molecular flexibility index (Phi) is 6.68. The van der Waals surface area contributed by atoms with E-state index in [0.29, 0.717) is 0 Å². The van der Waals surface area contributed by atoms with Crippen LogP contribution in [0, 0.1) is 0 Å². The van der Waals surface area contributed by atoms with Crippen molar-refractivity contribution in [1.82, 2.24) is 4.90 Å². The van der Waals surface area contributed by atoms with Crippen LogP contribution in [0.4, 0.5) is 0 Å². The molecule has 1 aromatic carbocycles. The molecule has 19 heavy (non-hydrogen) atoms. The average Bonchev–Trinajstić information content (AvgIpc) is 2.94. The van der Waals surface area contributed by atoms with Gasteiger partial charge in [0.1, 0.15) is 12.4 Å². The number of hydrogen-bond acceptors (Lipinski definition) is 2. The normalized spacial score (nSPS) is 16.2. The fourth-order valence-corrected chi connectivity index (χ4v) is 3.39. The van der Waals surface area contributed by atoms with Gasteiger partial charge >= 0.3 is 0 Å². The predicted molar refractivity (Wildman–Crippen MR) is 87.3 cm³/mol. The molecule has 1 saturated carbocycles. The van der Waals surface area contributed by atoms with E-state index in [9.17, 15) is 0 Å². The zero-order chi connectivity index (χ0) is 13.5. The molecular formula is C15H21Br2NO. The molecule has 106 valence electrons. The maximum Gasteiger partial charge on any atom is 0.119 e. The fraction of sp³-hybridized carbons (Fsp3) is 0.600. The molecule has 1 aliphatic carbocycles. The van der Waals surface area contributed by atoms with Gasteiger partial charge in [0.05, 0.1) is 0 Å². The summed E-state index contributed by atoms with van der Waals surface area (Å²) in [6, 6.07) is 8.82. The highest BCUT2D eigenvalue weighted by molar-refractivity contribution is 9.10. The number of benzene rings is 1. The molecule has 2 rings (SSSR count). The van der Waals surface area contributed by atoms with E-state index in [1.165, 1.54) is 25.7 Å². The third kappa shape index (κ3) is 5.09. The quantitative estimate of drug-likeness (QED) is 0.637. The molecule has 2 nitrogen and oxygen atoms in total. The van der Waals surface area contributed by atoms with Crippen LogP contribution in [0.25, 0.3) is 0 Å². The van der Waals surface area contributed by atoms with Crippen molar-refractivity contribution in [2.45, 2.75) is 31.7 Å². The minimum Gasteiger partial charge on any atom is -0.492 e. The lowest BCUT2D eigenvalue weighted by molar-refractivity contribution is 0.169. The Hall–Kier alpha value is -0.0600. The average molecular weight is 391 g/mol. The van der Waals surface area contributed by atoms with E-state index in [4.69, 9.17) is 4.74 Å². The summed E-state index contributed by atoms with van der Waals surface area (Å²) in [5, 5.41) is 1.04. The van der Waals surface area contributed by atoms with Crippen molar-refractivity contribution < 1.29 is 4.74 Å². The first-order chi connectivity index (χ1) is 9.29. The van der Waals surface area contributed by atoms with Gasteiger partial charge in [-0.2, -0.15) is 0 Å². The molecule has 0 unspecified atom stereocenters. The molecule has 1 aromatic rings. The maximum absolute atomic E-state index is 5.82. The first kappa shape index (κ1) is 15.3. The van der Waals surface area contributed by atoms with E-state index in [1.807, 2.05) is 24.3 Å². The van der Waals surface area contributed by atoms with Crippen molar-refractivity contribution in [3.63, 3.8) is 0 Å². The van der Waals surface area contributed by atoms with Gasteiger partial charge < -0.3 is 4.74 Å². The number of ether oxygens (including phenoxy) is 1. The fourth-order valence-electron chi connectivity index (χ4n) is 2.67. The SMILES string of the molecule is BrCCN(CCOc1ccc(Br)cc1)C1CCCC1. The molecule has 0 atom stereocenters. The minimum atomic E-state index is 0.769. The predicted octanol–water partition coefficient (Wildman–Crippen LogP) is 4.47. The molecule has 0 heterocycles. The van der Waals surface area contributed by atoms with Gasteiger partial charge in [-0.05, 0) is 37.1 Å². The van der Waals surface area contributed by atoms with Crippen molar-refractivity contribution in [2.75, 3.05) is 25.0 Å². The second-order valence-electron chi connectivity index (χ2n) is 4.97. The highest BCUT2D eigenvalue weighted by Crippen LogP contribution is 2.23. The van der Waals surface area contributed by atoms with Crippen LogP contribution in [-0.2, 0) is 0 Å². The molecule has 0 amide bonds. The monoisotopic (exact) mass is 389 g/mol. The second kappa shape index (κ2) is 8.28. The van der Waals surface area contributed by atoms with Crippen LogP contribution in [0.2, 0.25) is 0 Å².